The summed E-state index contributed by atoms with van der Waals surface area (Å²) in [7, 11) is 0. The van der Waals surface area contributed by atoms with Gasteiger partial charge in [-0.25, -0.2) is 0 Å². The van der Waals surface area contributed by atoms with Crippen LogP contribution in [-0.2, 0) is 12.8 Å². The van der Waals surface area contributed by atoms with Gasteiger partial charge in [0.15, 0.2) is 0 Å². The standard InChI is InChI=1S/C10H12O2S/c11-10(12)9-6-7-4-2-1-3-5-8(7)13-9/h6H,1-5H2,(H,11,12)/p-1. The molecule has 0 spiro atoms. The van der Waals surface area contributed by atoms with Gasteiger partial charge in [0, 0.05) is 4.88 Å². The van der Waals surface area contributed by atoms with E-state index in [0.717, 1.165) is 12.8 Å². The lowest BCUT2D eigenvalue weighted by Crippen LogP contribution is -2.20. The van der Waals surface area contributed by atoms with Crippen molar-refractivity contribution in [1.29, 1.82) is 0 Å². The molecule has 0 saturated heterocycles. The van der Waals surface area contributed by atoms with Crippen molar-refractivity contribution in [2.24, 2.45) is 0 Å². The summed E-state index contributed by atoms with van der Waals surface area (Å²) in [5.41, 5.74) is 1.24. The van der Waals surface area contributed by atoms with Crippen LogP contribution in [0.15, 0.2) is 6.07 Å². The lowest BCUT2D eigenvalue weighted by molar-refractivity contribution is -0.254. The second-order valence-corrected chi connectivity index (χ2v) is 4.54. The van der Waals surface area contributed by atoms with Crippen molar-refractivity contribution in [2.75, 3.05) is 0 Å². The van der Waals surface area contributed by atoms with Crippen LogP contribution in [-0.4, -0.2) is 5.97 Å². The molecule has 0 unspecified atom stereocenters. The van der Waals surface area contributed by atoms with E-state index in [1.54, 1.807) is 6.07 Å². The molecule has 0 fully saturated rings. The number of carboxylic acids is 1. The van der Waals surface area contributed by atoms with E-state index in [1.807, 2.05) is 0 Å². The Morgan fingerprint density at radius 1 is 1.31 bits per heavy atom. The Hall–Kier alpha value is -0.830. The first-order valence-corrected chi connectivity index (χ1v) is 5.42. The van der Waals surface area contributed by atoms with E-state index in [9.17, 15) is 9.90 Å². The summed E-state index contributed by atoms with van der Waals surface area (Å²) in [6.07, 6.45) is 5.74. The summed E-state index contributed by atoms with van der Waals surface area (Å²) >= 11 is 1.39. The van der Waals surface area contributed by atoms with Gasteiger partial charge in [-0.3, -0.25) is 0 Å². The highest BCUT2D eigenvalue weighted by molar-refractivity contribution is 7.14. The summed E-state index contributed by atoms with van der Waals surface area (Å²) in [6.45, 7) is 0. The Morgan fingerprint density at radius 2 is 2.08 bits per heavy atom. The largest absolute Gasteiger partial charge is 0.544 e. The van der Waals surface area contributed by atoms with Crippen LogP contribution in [0.3, 0.4) is 0 Å². The van der Waals surface area contributed by atoms with Gasteiger partial charge in [0.1, 0.15) is 0 Å². The highest BCUT2D eigenvalue weighted by atomic mass is 32.1. The summed E-state index contributed by atoms with van der Waals surface area (Å²) in [4.78, 5) is 12.3. The molecule has 13 heavy (non-hydrogen) atoms. The molecule has 0 radical (unpaired) electrons. The van der Waals surface area contributed by atoms with Crippen LogP contribution < -0.4 is 5.11 Å². The number of hydrogen-bond donors (Lipinski definition) is 0. The Kier molecular flexibility index (Phi) is 2.36. The lowest BCUT2D eigenvalue weighted by Gasteiger charge is -1.95. The Labute approximate surface area is 81.2 Å². The van der Waals surface area contributed by atoms with Gasteiger partial charge in [-0.2, -0.15) is 0 Å². The van der Waals surface area contributed by atoms with Crippen LogP contribution in [0.5, 0.6) is 0 Å². The molecule has 0 amide bonds. The zero-order chi connectivity index (χ0) is 9.26. The minimum atomic E-state index is -1.03. The van der Waals surface area contributed by atoms with Gasteiger partial charge >= 0.3 is 0 Å². The number of thiophene rings is 1. The number of rotatable bonds is 1. The smallest absolute Gasteiger partial charge is 0.0815 e. The van der Waals surface area contributed by atoms with Crippen LogP contribution in [0.2, 0.25) is 0 Å². The Balaban J connectivity index is 2.32. The molecule has 1 heterocycles. The molecule has 0 saturated carbocycles. The Bertz CT molecular complexity index is 304. The predicted molar refractivity (Wildman–Crippen MR) is 49.9 cm³/mol. The van der Waals surface area contributed by atoms with Crippen molar-refractivity contribution < 1.29 is 9.90 Å². The fraction of sp³-hybridized carbons (Fsp3) is 0.500. The minimum Gasteiger partial charge on any atom is -0.544 e. The van der Waals surface area contributed by atoms with Gasteiger partial charge in [0.2, 0.25) is 0 Å². The van der Waals surface area contributed by atoms with Crippen LogP contribution >= 0.6 is 11.3 Å². The van der Waals surface area contributed by atoms with Crippen LogP contribution in [0.25, 0.3) is 0 Å². The summed E-state index contributed by atoms with van der Waals surface area (Å²) in [5.74, 6) is -1.03. The molecule has 2 nitrogen and oxygen atoms in total. The number of aryl methyl sites for hydroxylation is 2. The van der Waals surface area contributed by atoms with E-state index in [4.69, 9.17) is 0 Å². The third kappa shape index (κ3) is 1.75. The summed E-state index contributed by atoms with van der Waals surface area (Å²) < 4.78 is 0. The summed E-state index contributed by atoms with van der Waals surface area (Å²) in [6, 6.07) is 1.79. The fourth-order valence-electron chi connectivity index (χ4n) is 1.77. The van der Waals surface area contributed by atoms with E-state index in [2.05, 4.69) is 0 Å². The van der Waals surface area contributed by atoms with E-state index < -0.39 is 5.97 Å². The maximum absolute atomic E-state index is 10.6. The molecule has 0 aromatic carbocycles. The number of fused-ring (bicyclic) bond motifs is 1. The molecule has 0 aliphatic heterocycles. The van der Waals surface area contributed by atoms with Gasteiger partial charge in [0.25, 0.3) is 0 Å². The molecule has 70 valence electrons. The number of carbonyl (C=O) groups excluding carboxylic acids is 1. The highest BCUT2D eigenvalue weighted by Gasteiger charge is 2.12. The lowest BCUT2D eigenvalue weighted by atomic mass is 10.1. The van der Waals surface area contributed by atoms with Crippen molar-refractivity contribution in [3.63, 3.8) is 0 Å². The van der Waals surface area contributed by atoms with Crippen LogP contribution in [0, 0.1) is 0 Å². The molecule has 3 heteroatoms. The fourth-order valence-corrected chi connectivity index (χ4v) is 2.86. The van der Waals surface area contributed by atoms with Crippen molar-refractivity contribution in [2.45, 2.75) is 32.1 Å². The Morgan fingerprint density at radius 3 is 2.85 bits per heavy atom. The average Bonchev–Trinajstić information content (AvgIpc) is 2.38. The van der Waals surface area contributed by atoms with Crippen molar-refractivity contribution >= 4 is 17.3 Å². The first kappa shape index (κ1) is 8.75. The number of aromatic carboxylic acids is 1. The van der Waals surface area contributed by atoms with E-state index in [-0.39, 0.29) is 0 Å². The number of carbonyl (C=O) groups is 1. The molecule has 1 aliphatic rings. The van der Waals surface area contributed by atoms with Gasteiger partial charge in [-0.15, -0.1) is 11.3 Å². The molecule has 1 aliphatic carbocycles. The maximum Gasteiger partial charge on any atom is 0.0815 e. The number of hydrogen-bond acceptors (Lipinski definition) is 3. The first-order valence-electron chi connectivity index (χ1n) is 4.60. The number of carboxylic acid groups (broad SMARTS) is 1. The molecule has 2 rings (SSSR count). The maximum atomic E-state index is 10.6. The second-order valence-electron chi connectivity index (χ2n) is 3.41. The molecular weight excluding hydrogens is 184 g/mol. The second kappa shape index (κ2) is 3.50. The van der Waals surface area contributed by atoms with Gasteiger partial charge in [0.05, 0.1) is 10.8 Å². The molecule has 1 aromatic rings. The van der Waals surface area contributed by atoms with Gasteiger partial charge in [-0.1, -0.05) is 6.42 Å². The van der Waals surface area contributed by atoms with Gasteiger partial charge in [-0.05, 0) is 37.3 Å². The van der Waals surface area contributed by atoms with Gasteiger partial charge < -0.3 is 9.90 Å². The quantitative estimate of drug-likeness (QED) is 0.635. The van der Waals surface area contributed by atoms with Crippen molar-refractivity contribution in [3.8, 4) is 0 Å². The zero-order valence-electron chi connectivity index (χ0n) is 7.34. The SMILES string of the molecule is O=C([O-])c1cc2c(s1)CCCCC2. The molecule has 0 atom stereocenters. The van der Waals surface area contributed by atoms with E-state index >= 15 is 0 Å². The normalized spacial score (nSPS) is 16.3. The van der Waals surface area contributed by atoms with Crippen molar-refractivity contribution in [1.82, 2.24) is 0 Å². The highest BCUT2D eigenvalue weighted by Crippen LogP contribution is 2.28. The van der Waals surface area contributed by atoms with Crippen molar-refractivity contribution in [3.05, 3.63) is 21.4 Å². The minimum absolute atomic E-state index is 0.395. The average molecular weight is 195 g/mol. The molecule has 0 N–H and O–H groups in total. The predicted octanol–water partition coefficient (Wildman–Crippen LogP) is 1.38. The zero-order valence-corrected chi connectivity index (χ0v) is 8.15. The van der Waals surface area contributed by atoms with E-state index in [1.165, 1.54) is 41.0 Å². The summed E-state index contributed by atoms with van der Waals surface area (Å²) in [5, 5.41) is 10.6. The molecule has 0 bridgehead atoms. The van der Waals surface area contributed by atoms with Crippen LogP contribution in [0.1, 0.15) is 39.4 Å². The van der Waals surface area contributed by atoms with Crippen LogP contribution in [0.4, 0.5) is 0 Å². The third-order valence-corrected chi connectivity index (χ3v) is 3.66. The monoisotopic (exact) mass is 195 g/mol. The first-order chi connectivity index (χ1) is 6.27. The van der Waals surface area contributed by atoms with E-state index in [0.29, 0.717) is 4.88 Å². The molecule has 1 aromatic heterocycles. The molecular formula is C10H11O2S-. The third-order valence-electron chi connectivity index (χ3n) is 2.45. The topological polar surface area (TPSA) is 40.1 Å².